The molecule has 0 spiro atoms. The van der Waals surface area contributed by atoms with E-state index in [0.717, 1.165) is 16.3 Å². The van der Waals surface area contributed by atoms with E-state index in [2.05, 4.69) is 36.9 Å². The van der Waals surface area contributed by atoms with Crippen molar-refractivity contribution in [2.75, 3.05) is 6.61 Å². The van der Waals surface area contributed by atoms with E-state index in [9.17, 15) is 28.8 Å². The average Bonchev–Trinajstić information content (AvgIpc) is 3.77. The second kappa shape index (κ2) is 23.8. The Morgan fingerprint density at radius 3 is 1.65 bits per heavy atom. The monoisotopic (exact) mass is 1010 g/mol. The van der Waals surface area contributed by atoms with Crippen molar-refractivity contribution >= 4 is 46.4 Å². The minimum Gasteiger partial charge on any atom is -0.444 e. The van der Waals surface area contributed by atoms with Crippen molar-refractivity contribution in [3.05, 3.63) is 174 Å². The Kier molecular flexibility index (Phi) is 17.8. The zero-order valence-corrected chi connectivity index (χ0v) is 43.9. The van der Waals surface area contributed by atoms with Crippen molar-refractivity contribution in [3.8, 4) is 0 Å². The van der Waals surface area contributed by atoms with Crippen LogP contribution in [-0.2, 0) is 52.5 Å². The Hall–Kier alpha value is -7.85. The third-order valence-electron chi connectivity index (χ3n) is 12.1. The summed E-state index contributed by atoms with van der Waals surface area (Å²) in [5.41, 5.74) is -1.22. The molecule has 16 nitrogen and oxygen atoms in total. The van der Waals surface area contributed by atoms with Gasteiger partial charge in [-0.3, -0.25) is 24.0 Å². The van der Waals surface area contributed by atoms with Crippen LogP contribution in [0.3, 0.4) is 0 Å². The number of nitrogens with one attached hydrogen (secondary N) is 6. The van der Waals surface area contributed by atoms with Gasteiger partial charge in [-0.05, 0) is 101 Å². The van der Waals surface area contributed by atoms with Crippen LogP contribution in [0.5, 0.6) is 0 Å². The number of carbonyl (C=O) groups is 6. The molecule has 6 rings (SSSR count). The highest BCUT2D eigenvalue weighted by Crippen LogP contribution is 2.37. The molecule has 4 atom stereocenters. The zero-order chi connectivity index (χ0) is 53.8. The molecule has 0 saturated heterocycles. The summed E-state index contributed by atoms with van der Waals surface area (Å²) in [7, 11) is 1.75. The minimum atomic E-state index is -1.76. The number of ether oxygens (including phenoxy) is 2. The maximum Gasteiger partial charge on any atom is 0.408 e. The molecule has 0 bridgehead atoms. The third-order valence-corrected chi connectivity index (χ3v) is 12.1. The van der Waals surface area contributed by atoms with Crippen LogP contribution >= 0.6 is 0 Å². The van der Waals surface area contributed by atoms with Gasteiger partial charge >= 0.3 is 6.09 Å². The molecule has 1 heterocycles. The molecule has 0 aliphatic rings. The number of carbonyl (C=O) groups excluding carboxylic acids is 6. The van der Waals surface area contributed by atoms with Crippen LogP contribution in [0, 0.1) is 0 Å². The van der Waals surface area contributed by atoms with Gasteiger partial charge in [-0.25, -0.2) is 9.78 Å². The van der Waals surface area contributed by atoms with Crippen LogP contribution in [0.15, 0.2) is 146 Å². The Morgan fingerprint density at radius 2 is 1.12 bits per heavy atom. The van der Waals surface area contributed by atoms with Gasteiger partial charge in [0.15, 0.2) is 0 Å². The average molecular weight is 1010 g/mol. The van der Waals surface area contributed by atoms with E-state index in [1.54, 1.807) is 44.9 Å². The molecule has 74 heavy (non-hydrogen) atoms. The van der Waals surface area contributed by atoms with Crippen LogP contribution in [0.1, 0.15) is 103 Å². The molecule has 6 N–H and O–H groups in total. The maximum atomic E-state index is 14.9. The lowest BCUT2D eigenvalue weighted by Gasteiger charge is -2.37. The van der Waals surface area contributed by atoms with E-state index in [0.29, 0.717) is 22.4 Å². The van der Waals surface area contributed by atoms with E-state index < -0.39 is 88.5 Å². The van der Waals surface area contributed by atoms with Gasteiger partial charge < -0.3 is 45.9 Å². The standard InChI is InChI=1S/C58H70N8O8/c1-38(40-31-30-39-22-20-21-23-41(39)32-40)60-51(69)48(36-73-55(2,3)4)62-53(71)57(8,9)65-52(70)47(61-50(68)46(33-45-35-66(10)37-59-45)63-54(72)74-56(5,6)7)34-49(67)64-58(42-24-14-11-15-25-42,43-26-16-12-17-27-43)44-28-18-13-19-29-44/h11-32,35,37-38,46-48H,33-34,36H2,1-10H3,(H,60,69)(H,61,68)(H,62,71)(H,63,72)(H,64,67)(H,65,70)/t38-,46-,47-,48-/m0/s1. The highest BCUT2D eigenvalue weighted by Gasteiger charge is 2.41. The van der Waals surface area contributed by atoms with Crippen LogP contribution in [0.25, 0.3) is 10.8 Å². The molecular weight excluding hydrogens is 937 g/mol. The predicted octanol–water partition coefficient (Wildman–Crippen LogP) is 7.06. The van der Waals surface area contributed by atoms with Gasteiger partial charge in [0.2, 0.25) is 29.5 Å². The number of rotatable bonds is 20. The van der Waals surface area contributed by atoms with Crippen LogP contribution in [0.4, 0.5) is 4.79 Å². The van der Waals surface area contributed by atoms with Crippen LogP contribution in [-0.4, -0.2) is 86.7 Å². The first-order valence-electron chi connectivity index (χ1n) is 24.7. The molecule has 16 heteroatoms. The summed E-state index contributed by atoms with van der Waals surface area (Å²) in [5.74, 6) is -3.69. The number of aromatic nitrogens is 2. The largest absolute Gasteiger partial charge is 0.444 e. The first-order valence-corrected chi connectivity index (χ1v) is 24.7. The number of fused-ring (bicyclic) bond motifs is 1. The number of nitrogens with zero attached hydrogens (tertiary/aromatic N) is 2. The zero-order valence-electron chi connectivity index (χ0n) is 43.9. The lowest BCUT2D eigenvalue weighted by atomic mass is 9.77. The smallest absolute Gasteiger partial charge is 0.408 e. The molecule has 6 aromatic rings. The van der Waals surface area contributed by atoms with E-state index >= 15 is 0 Å². The number of aryl methyl sites for hydroxylation is 1. The lowest BCUT2D eigenvalue weighted by molar-refractivity contribution is -0.139. The second-order valence-corrected chi connectivity index (χ2v) is 21.0. The molecule has 0 fully saturated rings. The summed E-state index contributed by atoms with van der Waals surface area (Å²) in [6, 6.07) is 37.2. The summed E-state index contributed by atoms with van der Waals surface area (Å²) in [6.45, 7) is 15.0. The number of hydrogen-bond acceptors (Lipinski definition) is 9. The summed E-state index contributed by atoms with van der Waals surface area (Å²) in [4.78, 5) is 90.4. The molecular formula is C58H70N8O8. The van der Waals surface area contributed by atoms with Gasteiger partial charge in [0.05, 0.1) is 36.7 Å². The molecule has 0 aliphatic heterocycles. The Morgan fingerprint density at radius 1 is 0.581 bits per heavy atom. The van der Waals surface area contributed by atoms with Crippen molar-refractivity contribution in [2.45, 2.75) is 122 Å². The van der Waals surface area contributed by atoms with Crippen molar-refractivity contribution in [1.82, 2.24) is 41.5 Å². The summed E-state index contributed by atoms with van der Waals surface area (Å²) >= 11 is 0. The molecule has 0 radical (unpaired) electrons. The predicted molar refractivity (Wildman–Crippen MR) is 284 cm³/mol. The van der Waals surface area contributed by atoms with Crippen molar-refractivity contribution in [2.24, 2.45) is 7.05 Å². The first kappa shape index (κ1) is 55.5. The van der Waals surface area contributed by atoms with Gasteiger partial charge in [-0.15, -0.1) is 0 Å². The topological polar surface area (TPSA) is 211 Å². The van der Waals surface area contributed by atoms with Crippen LogP contribution < -0.4 is 31.9 Å². The molecule has 0 aliphatic carbocycles. The van der Waals surface area contributed by atoms with E-state index in [1.807, 2.05) is 161 Å². The highest BCUT2D eigenvalue weighted by molar-refractivity contribution is 5.99. The highest BCUT2D eigenvalue weighted by atomic mass is 16.6. The van der Waals surface area contributed by atoms with Gasteiger partial charge in [0.1, 0.15) is 34.8 Å². The third kappa shape index (κ3) is 15.1. The number of alkyl carbamates (subject to hydrolysis) is 1. The second-order valence-electron chi connectivity index (χ2n) is 21.0. The minimum absolute atomic E-state index is 0.112. The Balaban J connectivity index is 1.31. The number of amides is 6. The lowest BCUT2D eigenvalue weighted by Crippen LogP contribution is -2.63. The van der Waals surface area contributed by atoms with Gasteiger partial charge in [0, 0.05) is 19.7 Å². The fraction of sp³-hybridized carbons (Fsp3) is 0.362. The molecule has 6 amide bonds. The SMILES string of the molecule is C[C@H](NC(=O)[C@H](COC(C)(C)C)NC(=O)C(C)(C)NC(=O)[C@H](CC(=O)NC(c1ccccc1)(c1ccccc1)c1ccccc1)NC(=O)[C@H](Cc1cn(C)cn1)NC(=O)OC(C)(C)C)c1ccc2ccccc2c1. The van der Waals surface area contributed by atoms with Crippen molar-refractivity contribution in [1.29, 1.82) is 0 Å². The molecule has 0 saturated carbocycles. The molecule has 5 aromatic carbocycles. The van der Waals surface area contributed by atoms with Gasteiger partial charge in [-0.2, -0.15) is 0 Å². The fourth-order valence-corrected chi connectivity index (χ4v) is 8.33. The van der Waals surface area contributed by atoms with Crippen LogP contribution in [0.2, 0.25) is 0 Å². The van der Waals surface area contributed by atoms with Crippen molar-refractivity contribution < 1.29 is 38.2 Å². The summed E-state index contributed by atoms with van der Waals surface area (Å²) in [5, 5.41) is 19.2. The Labute approximate surface area is 433 Å². The number of benzene rings is 5. The first-order chi connectivity index (χ1) is 34.9. The van der Waals surface area contributed by atoms with Gasteiger partial charge in [0.25, 0.3) is 0 Å². The van der Waals surface area contributed by atoms with E-state index in [4.69, 9.17) is 9.47 Å². The quantitative estimate of drug-likeness (QED) is 0.0432. The fourth-order valence-electron chi connectivity index (χ4n) is 8.33. The maximum absolute atomic E-state index is 14.9. The molecule has 390 valence electrons. The number of imidazole rings is 1. The molecule has 0 unspecified atom stereocenters. The molecule has 1 aromatic heterocycles. The Bertz CT molecular complexity index is 2800. The van der Waals surface area contributed by atoms with Crippen molar-refractivity contribution in [3.63, 3.8) is 0 Å². The normalized spacial score (nSPS) is 13.6. The number of hydrogen-bond donors (Lipinski definition) is 6. The van der Waals surface area contributed by atoms with E-state index in [1.165, 1.54) is 13.8 Å². The summed E-state index contributed by atoms with van der Waals surface area (Å²) in [6.07, 6.45) is 1.57. The summed E-state index contributed by atoms with van der Waals surface area (Å²) < 4.78 is 13.2. The van der Waals surface area contributed by atoms with E-state index in [-0.39, 0.29) is 13.0 Å². The van der Waals surface area contributed by atoms with Gasteiger partial charge in [-0.1, -0.05) is 127 Å².